The van der Waals surface area contributed by atoms with Crippen molar-refractivity contribution in [3.63, 3.8) is 0 Å². The van der Waals surface area contributed by atoms with Crippen LogP contribution in [0.25, 0.3) is 0 Å². The number of likely N-dealkylation sites (N-methyl/N-ethyl adjacent to an activating group) is 1. The van der Waals surface area contributed by atoms with Crippen LogP contribution in [0, 0.1) is 5.92 Å². The molecule has 2 N–H and O–H groups in total. The van der Waals surface area contributed by atoms with Gasteiger partial charge < -0.3 is 10.6 Å². The summed E-state index contributed by atoms with van der Waals surface area (Å²) in [4.78, 5) is 16.1. The Bertz CT molecular complexity index is 229. The van der Waals surface area contributed by atoms with Crippen LogP contribution in [0.15, 0.2) is 0 Å². The molecule has 0 aromatic heterocycles. The first kappa shape index (κ1) is 19.3. The highest BCUT2D eigenvalue weighted by Gasteiger charge is 2.32. The van der Waals surface area contributed by atoms with Crippen molar-refractivity contribution in [1.29, 1.82) is 0 Å². The highest BCUT2D eigenvalue weighted by Crippen LogP contribution is 2.15. The fourth-order valence-corrected chi connectivity index (χ4v) is 2.28. The molecule has 0 aromatic carbocycles. The van der Waals surface area contributed by atoms with Crippen LogP contribution in [0.5, 0.6) is 0 Å². The Labute approximate surface area is 117 Å². The summed E-state index contributed by atoms with van der Waals surface area (Å²) in [6.07, 6.45) is 0.935. The minimum Gasteiger partial charge on any atom is -0.340 e. The molecule has 0 aromatic rings. The SMILES string of the molecule is CC(C)C(C(=O)N1CC[C@@H](N)C1)N(C)C.Cl.Cl. The van der Waals surface area contributed by atoms with Crippen LogP contribution < -0.4 is 5.73 Å². The summed E-state index contributed by atoms with van der Waals surface area (Å²) >= 11 is 0. The average molecular weight is 286 g/mol. The third kappa shape index (κ3) is 5.00. The van der Waals surface area contributed by atoms with Gasteiger partial charge in [0.2, 0.25) is 5.91 Å². The van der Waals surface area contributed by atoms with E-state index in [1.807, 2.05) is 23.9 Å². The molecule has 0 saturated carbocycles. The van der Waals surface area contributed by atoms with Gasteiger partial charge in [0.25, 0.3) is 0 Å². The van der Waals surface area contributed by atoms with Gasteiger partial charge in [-0.05, 0) is 26.4 Å². The molecule has 0 spiro atoms. The Morgan fingerprint density at radius 3 is 2.18 bits per heavy atom. The van der Waals surface area contributed by atoms with Gasteiger partial charge in [0.1, 0.15) is 0 Å². The number of nitrogens with two attached hydrogens (primary N) is 1. The maximum Gasteiger partial charge on any atom is 0.240 e. The number of halogens is 2. The van der Waals surface area contributed by atoms with Gasteiger partial charge in [-0.15, -0.1) is 24.8 Å². The lowest BCUT2D eigenvalue weighted by molar-refractivity contribution is -0.136. The normalized spacial score (nSPS) is 21.1. The second-order valence-electron chi connectivity index (χ2n) is 4.99. The van der Waals surface area contributed by atoms with Crippen molar-refractivity contribution in [2.75, 3.05) is 27.2 Å². The van der Waals surface area contributed by atoms with E-state index in [4.69, 9.17) is 5.73 Å². The Balaban J connectivity index is 0. The second-order valence-corrected chi connectivity index (χ2v) is 4.99. The van der Waals surface area contributed by atoms with Gasteiger partial charge in [-0.3, -0.25) is 9.69 Å². The molecule has 1 amide bonds. The number of hydrogen-bond donors (Lipinski definition) is 1. The highest BCUT2D eigenvalue weighted by atomic mass is 35.5. The summed E-state index contributed by atoms with van der Waals surface area (Å²) in [6.45, 7) is 5.70. The largest absolute Gasteiger partial charge is 0.340 e. The van der Waals surface area contributed by atoms with E-state index in [2.05, 4.69) is 13.8 Å². The molecule has 1 rings (SSSR count). The summed E-state index contributed by atoms with van der Waals surface area (Å²) in [5.41, 5.74) is 5.81. The molecular weight excluding hydrogens is 261 g/mol. The van der Waals surface area contributed by atoms with Crippen LogP contribution in [0.1, 0.15) is 20.3 Å². The van der Waals surface area contributed by atoms with Crippen LogP contribution in [0.4, 0.5) is 0 Å². The molecule has 4 nitrogen and oxygen atoms in total. The molecule has 1 aliphatic rings. The van der Waals surface area contributed by atoms with Crippen molar-refractivity contribution in [1.82, 2.24) is 9.80 Å². The molecule has 0 bridgehead atoms. The van der Waals surface area contributed by atoms with Crippen LogP contribution >= 0.6 is 24.8 Å². The molecule has 1 unspecified atom stereocenters. The zero-order valence-corrected chi connectivity index (χ0v) is 12.7. The molecule has 6 heteroatoms. The molecule has 104 valence electrons. The van der Waals surface area contributed by atoms with E-state index in [1.165, 1.54) is 0 Å². The number of rotatable bonds is 3. The van der Waals surface area contributed by atoms with Crippen molar-refractivity contribution in [3.8, 4) is 0 Å². The van der Waals surface area contributed by atoms with E-state index in [0.29, 0.717) is 5.92 Å². The maximum absolute atomic E-state index is 12.2. The van der Waals surface area contributed by atoms with Gasteiger partial charge in [-0.25, -0.2) is 0 Å². The molecule has 2 atom stereocenters. The Morgan fingerprint density at radius 2 is 1.88 bits per heavy atom. The zero-order chi connectivity index (χ0) is 11.6. The third-order valence-electron chi connectivity index (χ3n) is 2.98. The second kappa shape index (κ2) is 8.14. The Kier molecular flexibility index (Phi) is 9.25. The topological polar surface area (TPSA) is 49.6 Å². The lowest BCUT2D eigenvalue weighted by atomic mass is 10.0. The molecule has 1 fully saturated rings. The van der Waals surface area contributed by atoms with Gasteiger partial charge in [0.15, 0.2) is 0 Å². The summed E-state index contributed by atoms with van der Waals surface area (Å²) in [6, 6.07) is 0.152. The molecular formula is C11H25Cl2N3O. The van der Waals surface area contributed by atoms with Gasteiger partial charge in [-0.1, -0.05) is 13.8 Å². The quantitative estimate of drug-likeness (QED) is 0.841. The smallest absolute Gasteiger partial charge is 0.240 e. The first-order chi connectivity index (χ1) is 6.93. The maximum atomic E-state index is 12.2. The minimum absolute atomic E-state index is 0. The predicted octanol–water partition coefficient (Wildman–Crippen LogP) is 0.976. The lowest BCUT2D eigenvalue weighted by Crippen LogP contribution is -2.48. The lowest BCUT2D eigenvalue weighted by Gasteiger charge is -2.30. The third-order valence-corrected chi connectivity index (χ3v) is 2.98. The average Bonchev–Trinajstić information content (AvgIpc) is 2.50. The fraction of sp³-hybridized carbons (Fsp3) is 0.909. The molecule has 1 aliphatic heterocycles. The first-order valence-corrected chi connectivity index (χ1v) is 5.64. The van der Waals surface area contributed by atoms with Crippen molar-refractivity contribution >= 4 is 30.7 Å². The zero-order valence-electron chi connectivity index (χ0n) is 11.0. The van der Waals surface area contributed by atoms with Crippen LogP contribution in [-0.4, -0.2) is 55.0 Å². The van der Waals surface area contributed by atoms with Crippen molar-refractivity contribution < 1.29 is 4.79 Å². The first-order valence-electron chi connectivity index (χ1n) is 5.64. The van der Waals surface area contributed by atoms with Crippen molar-refractivity contribution in [2.45, 2.75) is 32.4 Å². The molecule has 1 heterocycles. The summed E-state index contributed by atoms with van der Waals surface area (Å²) < 4.78 is 0. The minimum atomic E-state index is -0.0182. The number of nitrogens with zero attached hydrogens (tertiary/aromatic N) is 2. The molecule has 0 aliphatic carbocycles. The number of hydrogen-bond acceptors (Lipinski definition) is 3. The van der Waals surface area contributed by atoms with E-state index in [1.54, 1.807) is 0 Å². The summed E-state index contributed by atoms with van der Waals surface area (Å²) in [5.74, 6) is 0.562. The van der Waals surface area contributed by atoms with Gasteiger partial charge in [0.05, 0.1) is 6.04 Å². The van der Waals surface area contributed by atoms with Crippen molar-refractivity contribution in [3.05, 3.63) is 0 Å². The number of carbonyl (C=O) groups excluding carboxylic acids is 1. The van der Waals surface area contributed by atoms with E-state index in [-0.39, 0.29) is 42.8 Å². The predicted molar refractivity (Wildman–Crippen MR) is 76.0 cm³/mol. The Morgan fingerprint density at radius 1 is 1.35 bits per heavy atom. The summed E-state index contributed by atoms with van der Waals surface area (Å²) in [5, 5.41) is 0. The van der Waals surface area contributed by atoms with Crippen molar-refractivity contribution in [2.24, 2.45) is 11.7 Å². The van der Waals surface area contributed by atoms with Crippen LogP contribution in [0.3, 0.4) is 0 Å². The highest BCUT2D eigenvalue weighted by molar-refractivity contribution is 5.85. The van der Waals surface area contributed by atoms with Gasteiger partial charge >= 0.3 is 0 Å². The number of carbonyl (C=O) groups is 1. The van der Waals surface area contributed by atoms with Crippen LogP contribution in [-0.2, 0) is 4.79 Å². The molecule has 0 radical (unpaired) electrons. The monoisotopic (exact) mass is 285 g/mol. The van der Waals surface area contributed by atoms with Gasteiger partial charge in [0, 0.05) is 19.1 Å². The Hall–Kier alpha value is -0.0300. The number of amides is 1. The van der Waals surface area contributed by atoms with E-state index < -0.39 is 0 Å². The standard InChI is InChI=1S/C11H23N3O.2ClH/c1-8(2)10(13(3)4)11(15)14-6-5-9(12)7-14;;/h8-10H,5-7,12H2,1-4H3;2*1H/t9-,10?;;/m1../s1. The van der Waals surface area contributed by atoms with Gasteiger partial charge in [-0.2, -0.15) is 0 Å². The summed E-state index contributed by atoms with van der Waals surface area (Å²) in [7, 11) is 3.91. The van der Waals surface area contributed by atoms with Crippen LogP contribution in [0.2, 0.25) is 0 Å². The fourth-order valence-electron chi connectivity index (χ4n) is 2.28. The van der Waals surface area contributed by atoms with E-state index in [0.717, 1.165) is 19.5 Å². The molecule has 1 saturated heterocycles. The van der Waals surface area contributed by atoms with E-state index >= 15 is 0 Å². The number of likely N-dealkylation sites (tertiary alicyclic amines) is 1. The molecule has 17 heavy (non-hydrogen) atoms. The van der Waals surface area contributed by atoms with E-state index in [9.17, 15) is 4.79 Å².